The van der Waals surface area contributed by atoms with Crippen LogP contribution in [0.1, 0.15) is 39.0 Å². The van der Waals surface area contributed by atoms with Crippen LogP contribution in [0.5, 0.6) is 0 Å². The molecule has 2 nitrogen and oxygen atoms in total. The lowest BCUT2D eigenvalue weighted by atomic mass is 9.60. The summed E-state index contributed by atoms with van der Waals surface area (Å²) in [5.74, 6) is 0. The van der Waals surface area contributed by atoms with Crippen LogP contribution in [0, 0.1) is 5.41 Å². The van der Waals surface area contributed by atoms with Gasteiger partial charge in [0.1, 0.15) is 0 Å². The fourth-order valence-corrected chi connectivity index (χ4v) is 4.45. The molecule has 3 rings (SSSR count). The van der Waals surface area contributed by atoms with Crippen molar-refractivity contribution in [3.05, 3.63) is 27.7 Å². The molecule has 1 spiro atoms. The van der Waals surface area contributed by atoms with E-state index >= 15 is 0 Å². The van der Waals surface area contributed by atoms with Crippen molar-refractivity contribution in [2.24, 2.45) is 5.41 Å². The maximum Gasteiger partial charge on any atom is 0.0670 e. The van der Waals surface area contributed by atoms with E-state index in [-0.39, 0.29) is 0 Å². The second-order valence-electron chi connectivity index (χ2n) is 5.92. The van der Waals surface area contributed by atoms with Crippen molar-refractivity contribution in [3.8, 4) is 0 Å². The molecule has 0 aliphatic heterocycles. The summed E-state index contributed by atoms with van der Waals surface area (Å²) in [5.41, 5.74) is 1.45. The number of hydrogen-bond donors (Lipinski definition) is 1. The van der Waals surface area contributed by atoms with Crippen LogP contribution >= 0.6 is 27.5 Å². The Kier molecular flexibility index (Phi) is 4.30. The number of halogens is 2. The molecule has 2 atom stereocenters. The summed E-state index contributed by atoms with van der Waals surface area (Å²) in [6.07, 6.45) is 6.77. The third kappa shape index (κ3) is 2.38. The fourth-order valence-electron chi connectivity index (χ4n) is 3.89. The monoisotopic (exact) mass is 357 g/mol. The molecule has 1 aromatic rings. The van der Waals surface area contributed by atoms with E-state index in [1.54, 1.807) is 0 Å². The van der Waals surface area contributed by atoms with Gasteiger partial charge in [0.05, 0.1) is 21.3 Å². The first-order valence-corrected chi connectivity index (χ1v) is 8.66. The van der Waals surface area contributed by atoms with Gasteiger partial charge in [-0.15, -0.1) is 0 Å². The molecule has 110 valence electrons. The third-order valence-corrected chi connectivity index (χ3v) is 6.37. The molecule has 2 saturated carbocycles. The van der Waals surface area contributed by atoms with E-state index in [0.29, 0.717) is 17.6 Å². The van der Waals surface area contributed by atoms with Crippen molar-refractivity contribution in [3.63, 3.8) is 0 Å². The van der Waals surface area contributed by atoms with E-state index in [9.17, 15) is 0 Å². The van der Waals surface area contributed by atoms with Gasteiger partial charge in [-0.2, -0.15) is 0 Å². The van der Waals surface area contributed by atoms with Gasteiger partial charge in [-0.1, -0.05) is 30.5 Å². The number of benzene rings is 1. The molecule has 2 fully saturated rings. The summed E-state index contributed by atoms with van der Waals surface area (Å²) in [6.45, 7) is 2.91. The molecule has 0 aromatic heterocycles. The molecule has 2 aliphatic rings. The zero-order chi connectivity index (χ0) is 14.2. The predicted octanol–water partition coefficient (Wildman–Crippen LogP) is 5.25. The van der Waals surface area contributed by atoms with Gasteiger partial charge in [-0.25, -0.2) is 0 Å². The Bertz CT molecular complexity index is 487. The highest BCUT2D eigenvalue weighted by atomic mass is 79.9. The average molecular weight is 359 g/mol. The van der Waals surface area contributed by atoms with Crippen LogP contribution in [0.15, 0.2) is 22.7 Å². The van der Waals surface area contributed by atoms with E-state index in [1.807, 2.05) is 12.1 Å². The van der Waals surface area contributed by atoms with E-state index < -0.39 is 0 Å². The van der Waals surface area contributed by atoms with Crippen LogP contribution in [0.3, 0.4) is 0 Å². The minimum absolute atomic E-state index is 0.345. The van der Waals surface area contributed by atoms with Crippen LogP contribution in [0.25, 0.3) is 0 Å². The Balaban J connectivity index is 1.76. The van der Waals surface area contributed by atoms with Crippen LogP contribution in [-0.2, 0) is 4.74 Å². The van der Waals surface area contributed by atoms with Gasteiger partial charge in [0.15, 0.2) is 0 Å². The Morgan fingerprint density at radius 2 is 2.15 bits per heavy atom. The highest BCUT2D eigenvalue weighted by Crippen LogP contribution is 2.56. The van der Waals surface area contributed by atoms with Gasteiger partial charge in [-0.3, -0.25) is 0 Å². The summed E-state index contributed by atoms with van der Waals surface area (Å²) in [5, 5.41) is 4.46. The van der Waals surface area contributed by atoms with Crippen LogP contribution in [0.4, 0.5) is 5.69 Å². The van der Waals surface area contributed by atoms with E-state index in [0.717, 1.165) is 28.2 Å². The van der Waals surface area contributed by atoms with Gasteiger partial charge in [-0.05, 0) is 54.2 Å². The number of hydrogen-bond acceptors (Lipinski definition) is 2. The molecule has 2 unspecified atom stereocenters. The van der Waals surface area contributed by atoms with Crippen molar-refractivity contribution < 1.29 is 4.74 Å². The summed E-state index contributed by atoms with van der Waals surface area (Å²) in [7, 11) is 0. The smallest absolute Gasteiger partial charge is 0.0670 e. The molecule has 1 N–H and O–H groups in total. The normalized spacial score (nSPS) is 27.6. The van der Waals surface area contributed by atoms with Crippen LogP contribution in [-0.4, -0.2) is 18.8 Å². The summed E-state index contributed by atoms with van der Waals surface area (Å²) < 4.78 is 6.93. The predicted molar refractivity (Wildman–Crippen MR) is 87.5 cm³/mol. The molecule has 0 amide bonds. The van der Waals surface area contributed by atoms with Gasteiger partial charge < -0.3 is 10.1 Å². The van der Waals surface area contributed by atoms with Crippen LogP contribution in [0.2, 0.25) is 5.02 Å². The van der Waals surface area contributed by atoms with E-state index in [4.69, 9.17) is 16.3 Å². The number of anilines is 1. The SMILES string of the molecule is CCOC1CC(Nc2cccc(Cl)c2Br)C12CCCC2. The number of ether oxygens (including phenoxy) is 1. The Hall–Kier alpha value is -0.250. The topological polar surface area (TPSA) is 21.3 Å². The van der Waals surface area contributed by atoms with Crippen molar-refractivity contribution in [2.45, 2.75) is 51.2 Å². The Morgan fingerprint density at radius 1 is 1.40 bits per heavy atom. The second-order valence-corrected chi connectivity index (χ2v) is 7.12. The largest absolute Gasteiger partial charge is 0.381 e. The van der Waals surface area contributed by atoms with Crippen molar-refractivity contribution in [1.29, 1.82) is 0 Å². The first-order chi connectivity index (χ1) is 9.67. The highest BCUT2D eigenvalue weighted by molar-refractivity contribution is 9.10. The maximum absolute atomic E-state index is 6.18. The molecule has 1 aromatic carbocycles. The first-order valence-electron chi connectivity index (χ1n) is 7.49. The molecule has 0 saturated heterocycles. The summed E-state index contributed by atoms with van der Waals surface area (Å²) >= 11 is 9.76. The average Bonchev–Trinajstić information content (AvgIpc) is 2.95. The van der Waals surface area contributed by atoms with Crippen LogP contribution < -0.4 is 5.32 Å². The molecule has 4 heteroatoms. The molecule has 20 heavy (non-hydrogen) atoms. The second kappa shape index (κ2) is 5.86. The first kappa shape index (κ1) is 14.7. The Labute approximate surface area is 134 Å². The standard InChI is InChI=1S/C16H21BrClNO/c1-2-20-14-10-13(16(14)8-3-4-9-16)19-12-7-5-6-11(18)15(12)17/h5-7,13-14,19H,2-4,8-10H2,1H3. The van der Waals surface area contributed by atoms with Gasteiger partial charge in [0, 0.05) is 18.1 Å². The van der Waals surface area contributed by atoms with Crippen molar-refractivity contribution in [2.75, 3.05) is 11.9 Å². The quantitative estimate of drug-likeness (QED) is 0.793. The van der Waals surface area contributed by atoms with E-state index in [1.165, 1.54) is 25.7 Å². The zero-order valence-corrected chi connectivity index (χ0v) is 14.1. The zero-order valence-electron chi connectivity index (χ0n) is 11.8. The van der Waals surface area contributed by atoms with Gasteiger partial charge in [0.2, 0.25) is 0 Å². The lowest BCUT2D eigenvalue weighted by Crippen LogP contribution is -2.60. The van der Waals surface area contributed by atoms with Gasteiger partial charge in [0.25, 0.3) is 0 Å². The lowest BCUT2D eigenvalue weighted by Gasteiger charge is -2.54. The molecular weight excluding hydrogens is 338 g/mol. The summed E-state index contributed by atoms with van der Waals surface area (Å²) in [4.78, 5) is 0. The fraction of sp³-hybridized carbons (Fsp3) is 0.625. The number of nitrogens with one attached hydrogen (secondary N) is 1. The minimum Gasteiger partial charge on any atom is -0.381 e. The third-order valence-electron chi connectivity index (χ3n) is 4.97. The highest BCUT2D eigenvalue weighted by Gasteiger charge is 2.56. The summed E-state index contributed by atoms with van der Waals surface area (Å²) in [6, 6.07) is 6.50. The van der Waals surface area contributed by atoms with Crippen molar-refractivity contribution >= 4 is 33.2 Å². The van der Waals surface area contributed by atoms with Gasteiger partial charge >= 0.3 is 0 Å². The molecular formula is C16H21BrClNO. The van der Waals surface area contributed by atoms with Crippen molar-refractivity contribution in [1.82, 2.24) is 0 Å². The molecule has 0 radical (unpaired) electrons. The maximum atomic E-state index is 6.18. The Morgan fingerprint density at radius 3 is 2.85 bits per heavy atom. The number of rotatable bonds is 4. The molecule has 2 aliphatic carbocycles. The minimum atomic E-state index is 0.345. The molecule has 0 heterocycles. The lowest BCUT2D eigenvalue weighted by molar-refractivity contribution is -0.114. The van der Waals surface area contributed by atoms with E-state index in [2.05, 4.69) is 34.2 Å². The molecule has 0 bridgehead atoms.